The number of rotatable bonds is 2. The van der Waals surface area contributed by atoms with E-state index < -0.39 is 0 Å². The maximum Gasteiger partial charge on any atom is 0.130 e. The standard InChI is InChI=1S/C14H12FN3S/c1-18-14(16)12(11-3-2-8-19-11)13(17-18)9-4-6-10(15)7-5-9/h2-8H,16H2,1H3. The van der Waals surface area contributed by atoms with Gasteiger partial charge in [-0.1, -0.05) is 6.07 Å². The van der Waals surface area contributed by atoms with Crippen LogP contribution >= 0.6 is 11.3 Å². The highest BCUT2D eigenvalue weighted by Crippen LogP contribution is 2.38. The Labute approximate surface area is 114 Å². The van der Waals surface area contributed by atoms with Crippen molar-refractivity contribution in [3.63, 3.8) is 0 Å². The largest absolute Gasteiger partial charge is 0.383 e. The lowest BCUT2D eigenvalue weighted by atomic mass is 10.1. The number of halogens is 1. The Hall–Kier alpha value is -2.14. The predicted octanol–water partition coefficient (Wildman–Crippen LogP) is 3.54. The summed E-state index contributed by atoms with van der Waals surface area (Å²) in [6.07, 6.45) is 0. The molecule has 5 heteroatoms. The minimum atomic E-state index is -0.259. The lowest BCUT2D eigenvalue weighted by molar-refractivity contribution is 0.628. The molecule has 3 nitrogen and oxygen atoms in total. The first-order chi connectivity index (χ1) is 9.16. The number of aryl methyl sites for hydroxylation is 1. The molecule has 0 fully saturated rings. The van der Waals surface area contributed by atoms with Crippen LogP contribution in [0.5, 0.6) is 0 Å². The molecule has 0 aliphatic rings. The molecule has 96 valence electrons. The molecule has 19 heavy (non-hydrogen) atoms. The number of benzene rings is 1. The van der Waals surface area contributed by atoms with Crippen LogP contribution in [0.25, 0.3) is 21.7 Å². The molecular weight excluding hydrogens is 261 g/mol. The average Bonchev–Trinajstić information content (AvgIpc) is 3.00. The topological polar surface area (TPSA) is 43.8 Å². The molecule has 0 unspecified atom stereocenters. The third kappa shape index (κ3) is 2.02. The van der Waals surface area contributed by atoms with Gasteiger partial charge in [-0.25, -0.2) is 4.39 Å². The fourth-order valence-corrected chi connectivity index (χ4v) is 2.79. The first kappa shape index (κ1) is 11.9. The van der Waals surface area contributed by atoms with Gasteiger partial charge in [-0.2, -0.15) is 5.10 Å². The fourth-order valence-electron chi connectivity index (χ4n) is 2.01. The first-order valence-corrected chi connectivity index (χ1v) is 6.67. The van der Waals surface area contributed by atoms with Gasteiger partial charge in [0, 0.05) is 17.5 Å². The van der Waals surface area contributed by atoms with E-state index in [0.29, 0.717) is 5.82 Å². The fraction of sp³-hybridized carbons (Fsp3) is 0.0714. The Morgan fingerprint density at radius 1 is 1.21 bits per heavy atom. The minimum Gasteiger partial charge on any atom is -0.383 e. The number of nitrogens with zero attached hydrogens (tertiary/aromatic N) is 2. The molecule has 0 saturated heterocycles. The van der Waals surface area contributed by atoms with Gasteiger partial charge in [-0.15, -0.1) is 11.3 Å². The van der Waals surface area contributed by atoms with Crippen LogP contribution in [0.15, 0.2) is 41.8 Å². The van der Waals surface area contributed by atoms with E-state index in [9.17, 15) is 4.39 Å². The molecular formula is C14H12FN3S. The van der Waals surface area contributed by atoms with Crippen molar-refractivity contribution in [2.75, 3.05) is 5.73 Å². The van der Waals surface area contributed by atoms with E-state index in [0.717, 1.165) is 21.7 Å². The van der Waals surface area contributed by atoms with Crippen LogP contribution in [0.1, 0.15) is 0 Å². The number of nitrogen functional groups attached to an aromatic ring is 1. The maximum absolute atomic E-state index is 13.0. The van der Waals surface area contributed by atoms with Crippen LogP contribution in [-0.2, 0) is 7.05 Å². The quantitative estimate of drug-likeness (QED) is 0.776. The van der Waals surface area contributed by atoms with E-state index in [1.807, 2.05) is 17.5 Å². The molecule has 3 rings (SSSR count). The van der Waals surface area contributed by atoms with E-state index in [2.05, 4.69) is 5.10 Å². The summed E-state index contributed by atoms with van der Waals surface area (Å²) >= 11 is 1.61. The SMILES string of the molecule is Cn1nc(-c2ccc(F)cc2)c(-c2cccs2)c1N. The summed E-state index contributed by atoms with van der Waals surface area (Å²) < 4.78 is 14.7. The molecule has 0 aliphatic carbocycles. The van der Waals surface area contributed by atoms with E-state index in [4.69, 9.17) is 5.73 Å². The number of aromatic nitrogens is 2. The van der Waals surface area contributed by atoms with Crippen LogP contribution in [0, 0.1) is 5.82 Å². The number of hydrogen-bond acceptors (Lipinski definition) is 3. The second kappa shape index (κ2) is 4.51. The zero-order valence-corrected chi connectivity index (χ0v) is 11.1. The Morgan fingerprint density at radius 3 is 2.58 bits per heavy atom. The molecule has 1 aromatic carbocycles. The van der Waals surface area contributed by atoms with Crippen molar-refractivity contribution in [2.24, 2.45) is 7.05 Å². The zero-order chi connectivity index (χ0) is 13.4. The summed E-state index contributed by atoms with van der Waals surface area (Å²) in [7, 11) is 1.81. The van der Waals surface area contributed by atoms with Gasteiger partial charge >= 0.3 is 0 Å². The van der Waals surface area contributed by atoms with Crippen LogP contribution in [0.4, 0.5) is 10.2 Å². The number of thiophene rings is 1. The van der Waals surface area contributed by atoms with Crippen LogP contribution in [-0.4, -0.2) is 9.78 Å². The van der Waals surface area contributed by atoms with Gasteiger partial charge in [0.05, 0.1) is 5.56 Å². The highest BCUT2D eigenvalue weighted by Gasteiger charge is 2.17. The molecule has 0 atom stereocenters. The van der Waals surface area contributed by atoms with Crippen molar-refractivity contribution in [1.82, 2.24) is 9.78 Å². The molecule has 2 heterocycles. The van der Waals surface area contributed by atoms with Crippen molar-refractivity contribution in [1.29, 1.82) is 0 Å². The van der Waals surface area contributed by atoms with Gasteiger partial charge in [0.15, 0.2) is 0 Å². The third-order valence-corrected chi connectivity index (χ3v) is 3.86. The summed E-state index contributed by atoms with van der Waals surface area (Å²) in [6.45, 7) is 0. The molecule has 2 N–H and O–H groups in total. The molecule has 0 aliphatic heterocycles. The van der Waals surface area contributed by atoms with E-state index in [1.165, 1.54) is 12.1 Å². The number of anilines is 1. The predicted molar refractivity (Wildman–Crippen MR) is 76.3 cm³/mol. The van der Waals surface area contributed by atoms with E-state index in [-0.39, 0.29) is 5.82 Å². The Kier molecular flexibility index (Phi) is 2.83. The van der Waals surface area contributed by atoms with Crippen LogP contribution in [0.3, 0.4) is 0 Å². The van der Waals surface area contributed by atoms with E-state index >= 15 is 0 Å². The molecule has 0 amide bonds. The summed E-state index contributed by atoms with van der Waals surface area (Å²) in [4.78, 5) is 1.06. The average molecular weight is 273 g/mol. The van der Waals surface area contributed by atoms with Gasteiger partial charge in [0.25, 0.3) is 0 Å². The number of hydrogen-bond donors (Lipinski definition) is 1. The zero-order valence-electron chi connectivity index (χ0n) is 10.3. The Balaban J connectivity index is 2.22. The monoisotopic (exact) mass is 273 g/mol. The number of nitrogens with two attached hydrogens (primary N) is 1. The Morgan fingerprint density at radius 2 is 1.95 bits per heavy atom. The second-order valence-corrected chi connectivity index (χ2v) is 5.16. The lowest BCUT2D eigenvalue weighted by Gasteiger charge is -2.01. The first-order valence-electron chi connectivity index (χ1n) is 5.79. The summed E-state index contributed by atoms with van der Waals surface area (Å²) in [6, 6.07) is 10.3. The van der Waals surface area contributed by atoms with Crippen molar-refractivity contribution in [3.8, 4) is 21.7 Å². The normalized spacial score (nSPS) is 10.8. The molecule has 0 spiro atoms. The van der Waals surface area contributed by atoms with Crippen LogP contribution < -0.4 is 5.73 Å². The highest BCUT2D eigenvalue weighted by molar-refractivity contribution is 7.13. The van der Waals surface area contributed by atoms with Crippen molar-refractivity contribution < 1.29 is 4.39 Å². The third-order valence-electron chi connectivity index (χ3n) is 2.98. The highest BCUT2D eigenvalue weighted by atomic mass is 32.1. The molecule has 2 aromatic heterocycles. The smallest absolute Gasteiger partial charge is 0.130 e. The summed E-state index contributed by atoms with van der Waals surface area (Å²) in [5.41, 5.74) is 8.64. The molecule has 0 bridgehead atoms. The molecule has 3 aromatic rings. The maximum atomic E-state index is 13.0. The van der Waals surface area contributed by atoms with Crippen molar-refractivity contribution >= 4 is 17.2 Å². The van der Waals surface area contributed by atoms with Crippen molar-refractivity contribution in [2.45, 2.75) is 0 Å². The second-order valence-electron chi connectivity index (χ2n) is 4.22. The Bertz CT molecular complexity index is 699. The van der Waals surface area contributed by atoms with Crippen LogP contribution in [0.2, 0.25) is 0 Å². The lowest BCUT2D eigenvalue weighted by Crippen LogP contribution is -1.97. The van der Waals surface area contributed by atoms with Gasteiger partial charge in [-0.05, 0) is 35.7 Å². The van der Waals surface area contributed by atoms with Gasteiger partial charge in [-0.3, -0.25) is 4.68 Å². The molecule has 0 radical (unpaired) electrons. The minimum absolute atomic E-state index is 0.259. The summed E-state index contributed by atoms with van der Waals surface area (Å²) in [5, 5.41) is 6.44. The van der Waals surface area contributed by atoms with Crippen molar-refractivity contribution in [3.05, 3.63) is 47.6 Å². The van der Waals surface area contributed by atoms with Gasteiger partial charge < -0.3 is 5.73 Å². The summed E-state index contributed by atoms with van der Waals surface area (Å²) in [5.74, 6) is 0.354. The van der Waals surface area contributed by atoms with Gasteiger partial charge in [0.1, 0.15) is 17.3 Å². The van der Waals surface area contributed by atoms with Gasteiger partial charge in [0.2, 0.25) is 0 Å². The molecule has 0 saturated carbocycles. The van der Waals surface area contributed by atoms with E-state index in [1.54, 1.807) is 35.2 Å².